The third-order valence-corrected chi connectivity index (χ3v) is 6.87. The molecule has 0 aliphatic heterocycles. The van der Waals surface area contributed by atoms with Gasteiger partial charge in [0, 0.05) is 16.5 Å². The van der Waals surface area contributed by atoms with Gasteiger partial charge in [-0.2, -0.15) is 5.26 Å². The number of fused-ring (bicyclic) bond motifs is 1. The number of amides is 1. The number of hydrogen-bond acceptors (Lipinski definition) is 5. The molecule has 0 spiro atoms. The van der Waals surface area contributed by atoms with Crippen LogP contribution in [0.25, 0.3) is 11.3 Å². The van der Waals surface area contributed by atoms with E-state index in [0.29, 0.717) is 27.8 Å². The van der Waals surface area contributed by atoms with Crippen LogP contribution in [0.2, 0.25) is 0 Å². The molecule has 1 aliphatic carbocycles. The Kier molecular flexibility index (Phi) is 5.20. The van der Waals surface area contributed by atoms with Gasteiger partial charge >= 0.3 is 0 Å². The summed E-state index contributed by atoms with van der Waals surface area (Å²) < 4.78 is 18.3. The smallest absolute Gasteiger partial charge is 0.278 e. The molecule has 1 N–H and O–H groups in total. The normalized spacial score (nSPS) is 16.0. The lowest BCUT2D eigenvalue weighted by Gasteiger charge is -2.33. The maximum absolute atomic E-state index is 13.1. The van der Waals surface area contributed by atoms with Crippen molar-refractivity contribution < 1.29 is 13.7 Å². The number of hydrogen-bond donors (Lipinski definition) is 1. The van der Waals surface area contributed by atoms with Gasteiger partial charge < -0.3 is 9.84 Å². The molecular formula is C23H22FN3O2S. The lowest BCUT2D eigenvalue weighted by atomic mass is 9.72. The highest BCUT2D eigenvalue weighted by Gasteiger charge is 2.32. The van der Waals surface area contributed by atoms with Crippen LogP contribution in [0, 0.1) is 28.5 Å². The van der Waals surface area contributed by atoms with Gasteiger partial charge in [0.1, 0.15) is 16.9 Å². The Bertz CT molecular complexity index is 1130. The summed E-state index contributed by atoms with van der Waals surface area (Å²) in [7, 11) is 0. The molecule has 1 amide bonds. The van der Waals surface area contributed by atoms with Crippen LogP contribution in [-0.2, 0) is 12.8 Å². The number of carbonyl (C=O) groups is 1. The highest BCUT2D eigenvalue weighted by Crippen LogP contribution is 2.44. The van der Waals surface area contributed by atoms with Crippen molar-refractivity contribution in [3.63, 3.8) is 0 Å². The second kappa shape index (κ2) is 7.69. The Labute approximate surface area is 178 Å². The van der Waals surface area contributed by atoms with Crippen LogP contribution in [0.3, 0.4) is 0 Å². The van der Waals surface area contributed by atoms with Crippen molar-refractivity contribution in [2.24, 2.45) is 11.3 Å². The maximum atomic E-state index is 13.1. The second-order valence-corrected chi connectivity index (χ2v) is 9.77. The molecule has 0 fully saturated rings. The number of thiophene rings is 1. The standard InChI is InChI=1S/C23H22FN3O2S/c1-23(2,3)14-6-9-16-17(12-25)22(30-20(16)10-14)26-21(28)18-11-19(29-27-18)13-4-7-15(24)8-5-13/h4-5,7-8,11,14H,6,9-10H2,1-3H3,(H,26,28)/t14-/m0/s1. The molecule has 5 nitrogen and oxygen atoms in total. The first kappa shape index (κ1) is 20.3. The number of benzene rings is 1. The molecule has 154 valence electrons. The zero-order chi connectivity index (χ0) is 21.5. The number of nitriles is 1. The van der Waals surface area contributed by atoms with Crippen LogP contribution in [0.15, 0.2) is 34.9 Å². The van der Waals surface area contributed by atoms with Crippen LogP contribution in [0.4, 0.5) is 9.39 Å². The van der Waals surface area contributed by atoms with Crippen molar-refractivity contribution in [3.05, 3.63) is 57.8 Å². The Balaban J connectivity index is 1.55. The van der Waals surface area contributed by atoms with E-state index in [-0.39, 0.29) is 16.9 Å². The lowest BCUT2D eigenvalue weighted by molar-refractivity contribution is 0.101. The summed E-state index contributed by atoms with van der Waals surface area (Å²) >= 11 is 1.48. The summed E-state index contributed by atoms with van der Waals surface area (Å²) in [5.41, 5.74) is 2.55. The molecular weight excluding hydrogens is 401 g/mol. The third-order valence-electron chi connectivity index (χ3n) is 5.70. The van der Waals surface area contributed by atoms with Crippen molar-refractivity contribution in [2.75, 3.05) is 5.32 Å². The Morgan fingerprint density at radius 1 is 1.33 bits per heavy atom. The molecule has 1 aromatic carbocycles. The topological polar surface area (TPSA) is 78.9 Å². The van der Waals surface area contributed by atoms with Crippen molar-refractivity contribution in [1.82, 2.24) is 5.16 Å². The Morgan fingerprint density at radius 2 is 2.07 bits per heavy atom. The fraction of sp³-hybridized carbons (Fsp3) is 0.348. The summed E-state index contributed by atoms with van der Waals surface area (Å²) in [5.74, 6) is 0.136. The van der Waals surface area contributed by atoms with Crippen LogP contribution in [0.1, 0.15) is 53.7 Å². The van der Waals surface area contributed by atoms with E-state index in [2.05, 4.69) is 37.3 Å². The molecule has 1 aliphatic rings. The van der Waals surface area contributed by atoms with Crippen molar-refractivity contribution in [2.45, 2.75) is 40.0 Å². The molecule has 3 aromatic rings. The molecule has 7 heteroatoms. The predicted octanol–water partition coefficient (Wildman–Crippen LogP) is 5.82. The van der Waals surface area contributed by atoms with Gasteiger partial charge in [-0.15, -0.1) is 11.3 Å². The van der Waals surface area contributed by atoms with Gasteiger partial charge in [0.05, 0.1) is 5.56 Å². The van der Waals surface area contributed by atoms with E-state index < -0.39 is 5.91 Å². The van der Waals surface area contributed by atoms with E-state index in [1.165, 1.54) is 34.4 Å². The highest BCUT2D eigenvalue weighted by molar-refractivity contribution is 7.16. The van der Waals surface area contributed by atoms with Gasteiger partial charge in [-0.05, 0) is 60.4 Å². The van der Waals surface area contributed by atoms with Gasteiger partial charge in [0.25, 0.3) is 5.91 Å². The predicted molar refractivity (Wildman–Crippen MR) is 114 cm³/mol. The minimum atomic E-state index is -0.436. The zero-order valence-electron chi connectivity index (χ0n) is 17.1. The monoisotopic (exact) mass is 423 g/mol. The Hall–Kier alpha value is -2.98. The summed E-state index contributed by atoms with van der Waals surface area (Å²) in [6, 6.07) is 9.53. The minimum absolute atomic E-state index is 0.108. The number of rotatable bonds is 3. The van der Waals surface area contributed by atoms with Crippen LogP contribution < -0.4 is 5.32 Å². The average Bonchev–Trinajstić information content (AvgIpc) is 3.31. The van der Waals surface area contributed by atoms with E-state index in [4.69, 9.17) is 4.52 Å². The van der Waals surface area contributed by atoms with Gasteiger partial charge in [0.2, 0.25) is 0 Å². The number of carbonyl (C=O) groups excluding carboxylic acids is 1. The van der Waals surface area contributed by atoms with Crippen LogP contribution >= 0.6 is 11.3 Å². The zero-order valence-corrected chi connectivity index (χ0v) is 17.9. The van der Waals surface area contributed by atoms with E-state index in [1.807, 2.05) is 0 Å². The van der Waals surface area contributed by atoms with Crippen molar-refractivity contribution in [1.29, 1.82) is 5.26 Å². The van der Waals surface area contributed by atoms with Gasteiger partial charge in [-0.25, -0.2) is 4.39 Å². The quantitative estimate of drug-likeness (QED) is 0.576. The molecule has 4 rings (SSSR count). The summed E-state index contributed by atoms with van der Waals surface area (Å²) in [6.45, 7) is 6.73. The number of halogens is 1. The first-order valence-electron chi connectivity index (χ1n) is 9.85. The molecule has 2 heterocycles. The number of nitrogens with zero attached hydrogens (tertiary/aromatic N) is 2. The van der Waals surface area contributed by atoms with Gasteiger partial charge in [-0.1, -0.05) is 25.9 Å². The molecule has 0 bridgehead atoms. The molecule has 0 radical (unpaired) electrons. The third kappa shape index (κ3) is 3.88. The summed E-state index contributed by atoms with van der Waals surface area (Å²) in [4.78, 5) is 13.9. The van der Waals surface area contributed by atoms with Crippen molar-refractivity contribution in [3.8, 4) is 17.4 Å². The number of aromatic nitrogens is 1. The molecule has 0 unspecified atom stereocenters. The summed E-state index contributed by atoms with van der Waals surface area (Å²) in [5, 5.41) is 16.9. The van der Waals surface area contributed by atoms with Gasteiger partial charge in [-0.3, -0.25) is 4.79 Å². The Morgan fingerprint density at radius 3 is 2.73 bits per heavy atom. The maximum Gasteiger partial charge on any atom is 0.278 e. The van der Waals surface area contributed by atoms with Gasteiger partial charge in [0.15, 0.2) is 11.5 Å². The van der Waals surface area contributed by atoms with E-state index >= 15 is 0 Å². The second-order valence-electron chi connectivity index (χ2n) is 8.66. The van der Waals surface area contributed by atoms with E-state index in [9.17, 15) is 14.4 Å². The first-order chi connectivity index (χ1) is 14.3. The molecule has 0 saturated heterocycles. The van der Waals surface area contributed by atoms with Crippen LogP contribution in [0.5, 0.6) is 0 Å². The number of anilines is 1. The lowest BCUT2D eigenvalue weighted by Crippen LogP contribution is -2.26. The first-order valence-corrected chi connectivity index (χ1v) is 10.7. The van der Waals surface area contributed by atoms with E-state index in [1.54, 1.807) is 12.1 Å². The van der Waals surface area contributed by atoms with E-state index in [0.717, 1.165) is 24.8 Å². The fourth-order valence-electron chi connectivity index (χ4n) is 3.83. The molecule has 0 saturated carbocycles. The van der Waals surface area contributed by atoms with Crippen LogP contribution in [-0.4, -0.2) is 11.1 Å². The minimum Gasteiger partial charge on any atom is -0.355 e. The SMILES string of the molecule is CC(C)(C)[C@H]1CCc2c(sc(NC(=O)c3cc(-c4ccc(F)cc4)on3)c2C#N)C1. The highest BCUT2D eigenvalue weighted by atomic mass is 32.1. The molecule has 30 heavy (non-hydrogen) atoms. The molecule has 2 aromatic heterocycles. The van der Waals surface area contributed by atoms with Crippen molar-refractivity contribution >= 4 is 22.2 Å². The summed E-state index contributed by atoms with van der Waals surface area (Å²) in [6.07, 6.45) is 2.82. The fourth-order valence-corrected chi connectivity index (χ4v) is 5.10. The average molecular weight is 424 g/mol. The molecule has 1 atom stereocenters. The largest absolute Gasteiger partial charge is 0.355 e. The number of nitrogens with one attached hydrogen (secondary N) is 1.